The minimum absolute atomic E-state index is 0.00702. The average molecular weight is 360 g/mol. The second kappa shape index (κ2) is 10.2. The van der Waals surface area contributed by atoms with Gasteiger partial charge in [0.05, 0.1) is 24.6 Å². The van der Waals surface area contributed by atoms with Gasteiger partial charge in [0, 0.05) is 18.2 Å². The molecule has 0 radical (unpaired) electrons. The van der Waals surface area contributed by atoms with E-state index in [1.807, 2.05) is 38.1 Å². The summed E-state index contributed by atoms with van der Waals surface area (Å²) in [5.74, 6) is 0.652. The molecule has 2 N–H and O–H groups in total. The van der Waals surface area contributed by atoms with E-state index in [-0.39, 0.29) is 30.9 Å². The number of aliphatic hydroxyl groups excluding tert-OH is 1. The molecule has 1 heterocycles. The molecule has 1 atom stereocenters. The fourth-order valence-corrected chi connectivity index (χ4v) is 2.63. The van der Waals surface area contributed by atoms with Gasteiger partial charge in [-0.25, -0.2) is 9.37 Å². The van der Waals surface area contributed by atoms with Crippen molar-refractivity contribution in [2.24, 2.45) is 5.92 Å². The van der Waals surface area contributed by atoms with Crippen molar-refractivity contribution in [1.82, 2.24) is 10.3 Å². The first-order valence-corrected chi connectivity index (χ1v) is 9.28. The van der Waals surface area contributed by atoms with Gasteiger partial charge in [-0.1, -0.05) is 39.3 Å². The van der Waals surface area contributed by atoms with E-state index in [4.69, 9.17) is 4.74 Å². The molecule has 142 valence electrons. The lowest BCUT2D eigenvalue weighted by Crippen LogP contribution is -2.36. The third-order valence-electron chi connectivity index (χ3n) is 4.37. The van der Waals surface area contributed by atoms with Gasteiger partial charge in [-0.15, -0.1) is 0 Å². The third kappa shape index (κ3) is 5.51. The van der Waals surface area contributed by atoms with Crippen molar-refractivity contribution in [2.75, 3.05) is 13.2 Å². The van der Waals surface area contributed by atoms with Crippen LogP contribution in [0, 0.1) is 11.7 Å². The fourth-order valence-electron chi connectivity index (χ4n) is 2.63. The number of halogens is 1. The van der Waals surface area contributed by atoms with Crippen molar-refractivity contribution in [2.45, 2.75) is 46.2 Å². The number of rotatable bonds is 10. The minimum Gasteiger partial charge on any atom is -0.493 e. The smallest absolute Gasteiger partial charge is 0.146 e. The van der Waals surface area contributed by atoms with Gasteiger partial charge < -0.3 is 15.2 Å². The topological polar surface area (TPSA) is 54.4 Å². The highest BCUT2D eigenvalue weighted by Gasteiger charge is 2.15. The van der Waals surface area contributed by atoms with Crippen molar-refractivity contribution in [3.8, 4) is 17.0 Å². The highest BCUT2D eigenvalue weighted by atomic mass is 19.1. The Bertz CT molecular complexity index is 691. The van der Waals surface area contributed by atoms with Crippen LogP contribution in [0.1, 0.15) is 39.3 Å². The van der Waals surface area contributed by atoms with Gasteiger partial charge in [-0.2, -0.15) is 0 Å². The summed E-state index contributed by atoms with van der Waals surface area (Å²) in [4.78, 5) is 4.50. The monoisotopic (exact) mass is 360 g/mol. The number of nitrogens with zero attached hydrogens (tertiary/aromatic N) is 1. The molecular weight excluding hydrogens is 331 g/mol. The summed E-state index contributed by atoms with van der Waals surface area (Å²) in [5.41, 5.74) is 1.87. The van der Waals surface area contributed by atoms with Gasteiger partial charge in [0.1, 0.15) is 11.6 Å². The molecule has 1 aromatic heterocycles. The summed E-state index contributed by atoms with van der Waals surface area (Å²) in [6, 6.07) is 10.7. The molecule has 0 spiro atoms. The first kappa shape index (κ1) is 20.3. The van der Waals surface area contributed by atoms with Crippen LogP contribution in [0.25, 0.3) is 11.3 Å². The number of aliphatic hydroxyl groups is 1. The van der Waals surface area contributed by atoms with Crippen molar-refractivity contribution in [3.63, 3.8) is 0 Å². The van der Waals surface area contributed by atoms with Crippen LogP contribution in [-0.2, 0) is 6.54 Å². The molecule has 2 aromatic rings. The van der Waals surface area contributed by atoms with E-state index in [0.29, 0.717) is 18.0 Å². The van der Waals surface area contributed by atoms with Crippen LogP contribution in [0.3, 0.4) is 0 Å². The van der Waals surface area contributed by atoms with E-state index in [2.05, 4.69) is 17.2 Å². The molecule has 0 aliphatic heterocycles. The number of pyridine rings is 1. The molecule has 0 saturated carbocycles. The summed E-state index contributed by atoms with van der Waals surface area (Å²) < 4.78 is 20.1. The number of para-hydroxylation sites is 1. The summed E-state index contributed by atoms with van der Waals surface area (Å²) in [7, 11) is 0. The molecule has 0 aliphatic rings. The third-order valence-corrected chi connectivity index (χ3v) is 4.37. The number of benzene rings is 1. The Morgan fingerprint density at radius 3 is 2.65 bits per heavy atom. The van der Waals surface area contributed by atoms with Gasteiger partial charge in [0.25, 0.3) is 0 Å². The Balaban J connectivity index is 2.21. The number of unbranched alkanes of at least 4 members (excludes halogenated alkanes) is 1. The number of ether oxygens (including phenoxy) is 1. The maximum atomic E-state index is 14.2. The molecule has 0 fully saturated rings. The van der Waals surface area contributed by atoms with Gasteiger partial charge >= 0.3 is 0 Å². The van der Waals surface area contributed by atoms with Gasteiger partial charge in [0.15, 0.2) is 0 Å². The molecule has 0 amide bonds. The maximum absolute atomic E-state index is 14.2. The SMILES string of the molecule is CCCCOc1ccccc1-c1ccc(F)c(CN[C@@H](CO)C(C)C)n1. The van der Waals surface area contributed by atoms with Crippen molar-refractivity contribution in [1.29, 1.82) is 0 Å². The largest absolute Gasteiger partial charge is 0.493 e. The predicted molar refractivity (Wildman–Crippen MR) is 103 cm³/mol. The van der Waals surface area contributed by atoms with Crippen molar-refractivity contribution >= 4 is 0 Å². The molecule has 1 aromatic carbocycles. The van der Waals surface area contributed by atoms with Gasteiger partial charge in [-0.3, -0.25) is 0 Å². The van der Waals surface area contributed by atoms with E-state index in [0.717, 1.165) is 24.2 Å². The minimum atomic E-state index is -0.355. The fraction of sp³-hybridized carbons (Fsp3) is 0.476. The van der Waals surface area contributed by atoms with E-state index in [1.165, 1.54) is 6.07 Å². The highest BCUT2D eigenvalue weighted by molar-refractivity contribution is 5.67. The average Bonchev–Trinajstić information content (AvgIpc) is 2.64. The Morgan fingerprint density at radius 1 is 1.19 bits per heavy atom. The van der Waals surface area contributed by atoms with Crippen molar-refractivity contribution in [3.05, 3.63) is 47.9 Å². The molecule has 0 saturated heterocycles. The van der Waals surface area contributed by atoms with Gasteiger partial charge in [-0.05, 0) is 36.6 Å². The number of hydrogen-bond acceptors (Lipinski definition) is 4. The summed E-state index contributed by atoms with van der Waals surface area (Å²) in [6.07, 6.45) is 2.05. The molecule has 26 heavy (non-hydrogen) atoms. The van der Waals surface area contributed by atoms with Crippen LogP contribution in [-0.4, -0.2) is 29.3 Å². The maximum Gasteiger partial charge on any atom is 0.146 e. The second-order valence-corrected chi connectivity index (χ2v) is 6.74. The Labute approximate surface area is 155 Å². The summed E-state index contributed by atoms with van der Waals surface area (Å²) in [6.45, 7) is 7.06. The van der Waals surface area contributed by atoms with Crippen LogP contribution in [0.5, 0.6) is 5.75 Å². The van der Waals surface area contributed by atoms with E-state index < -0.39 is 0 Å². The lowest BCUT2D eigenvalue weighted by atomic mass is 10.1. The van der Waals surface area contributed by atoms with E-state index in [1.54, 1.807) is 6.07 Å². The summed E-state index contributed by atoms with van der Waals surface area (Å²) >= 11 is 0. The molecule has 0 bridgehead atoms. The molecule has 0 unspecified atom stereocenters. The van der Waals surface area contributed by atoms with E-state index in [9.17, 15) is 9.50 Å². The van der Waals surface area contributed by atoms with Crippen LogP contribution < -0.4 is 10.1 Å². The Hall–Kier alpha value is -1.98. The zero-order chi connectivity index (χ0) is 18.9. The first-order chi connectivity index (χ1) is 12.6. The van der Waals surface area contributed by atoms with E-state index >= 15 is 0 Å². The van der Waals surface area contributed by atoms with Crippen LogP contribution >= 0.6 is 0 Å². The van der Waals surface area contributed by atoms with Crippen LogP contribution in [0.4, 0.5) is 4.39 Å². The molecule has 5 heteroatoms. The Kier molecular flexibility index (Phi) is 8.01. The van der Waals surface area contributed by atoms with Gasteiger partial charge in [0.2, 0.25) is 0 Å². The standard InChI is InChI=1S/C21H29FN2O2/c1-4-5-12-26-21-9-7-6-8-16(21)18-11-10-17(22)19(24-18)13-23-20(14-25)15(2)3/h6-11,15,20,23,25H,4-5,12-14H2,1-3H3/t20-/m0/s1. The van der Waals surface area contributed by atoms with Crippen molar-refractivity contribution < 1.29 is 14.2 Å². The molecule has 2 rings (SSSR count). The zero-order valence-corrected chi connectivity index (χ0v) is 15.8. The molecule has 0 aliphatic carbocycles. The lowest BCUT2D eigenvalue weighted by Gasteiger charge is -2.20. The Morgan fingerprint density at radius 2 is 1.96 bits per heavy atom. The molecule has 4 nitrogen and oxygen atoms in total. The number of nitrogens with one attached hydrogen (secondary N) is 1. The lowest BCUT2D eigenvalue weighted by molar-refractivity contribution is 0.209. The first-order valence-electron chi connectivity index (χ1n) is 9.28. The number of aromatic nitrogens is 1. The molecular formula is C21H29FN2O2. The van der Waals surface area contributed by atoms with Crippen LogP contribution in [0.2, 0.25) is 0 Å². The van der Waals surface area contributed by atoms with Crippen LogP contribution in [0.15, 0.2) is 36.4 Å². The number of hydrogen-bond donors (Lipinski definition) is 2. The summed E-state index contributed by atoms with van der Waals surface area (Å²) in [5, 5.41) is 12.6. The highest BCUT2D eigenvalue weighted by Crippen LogP contribution is 2.29. The normalized spacial score (nSPS) is 12.4. The zero-order valence-electron chi connectivity index (χ0n) is 15.8. The second-order valence-electron chi connectivity index (χ2n) is 6.74. The predicted octanol–water partition coefficient (Wildman–Crippen LogP) is 4.17. The quantitative estimate of drug-likeness (QED) is 0.624.